The number of hydrogen-bond acceptors (Lipinski definition) is 1. The van der Waals surface area contributed by atoms with Crippen LogP contribution in [0.5, 0.6) is 0 Å². The van der Waals surface area contributed by atoms with Gasteiger partial charge in [-0.1, -0.05) is 0 Å². The maximum atomic E-state index is 8.00. The van der Waals surface area contributed by atoms with Gasteiger partial charge in [-0.05, 0) is 0 Å². The molecule has 35 valence electrons. The zero-order valence-corrected chi connectivity index (χ0v) is 14.6. The standard InChI is InChI=1S/Ba.Bi.Co.Fe.O.5H/q+2;;;;;;;;2*-1. The van der Waals surface area contributed by atoms with E-state index in [0.29, 0.717) is 0 Å². The first-order valence-electron chi connectivity index (χ1n) is 0.144. The molecule has 1 nitrogen and oxygen atoms in total. The van der Waals surface area contributed by atoms with Crippen LogP contribution in [-0.2, 0) is 36.6 Å². The van der Waals surface area contributed by atoms with Crippen molar-refractivity contribution in [1.29, 1.82) is 0 Å². The zero-order chi connectivity index (χ0) is 2.00. The average Bonchev–Trinajstić information content (AvgIpc) is 1.00. The summed E-state index contributed by atoms with van der Waals surface area (Å²) in [4.78, 5) is 0. The van der Waals surface area contributed by atoms with Crippen molar-refractivity contribution in [3.05, 3.63) is 0 Å². The monoisotopic (exact) mass is 483 g/mol. The van der Waals surface area contributed by atoms with E-state index in [1.54, 1.807) is 0 Å². The molecule has 1 radical (unpaired) electrons. The van der Waals surface area contributed by atoms with Gasteiger partial charge in [0.2, 0.25) is 0 Å². The van der Waals surface area contributed by atoms with E-state index in [4.69, 9.17) is 3.83 Å². The Hall–Kier alpha value is 3.28. The van der Waals surface area contributed by atoms with E-state index in [9.17, 15) is 0 Å². The Kier molecular flexibility index (Phi) is 128. The molecule has 0 spiro atoms. The van der Waals surface area contributed by atoms with Crippen molar-refractivity contribution in [3.63, 3.8) is 0 Å². The number of hydrogen-bond donors (Lipinski definition) is 0. The Bertz CT molecular complexity index is 17.7. The first kappa shape index (κ1) is 24.0. The van der Waals surface area contributed by atoms with Crippen molar-refractivity contribution in [2.45, 2.75) is 0 Å². The minimum absolute atomic E-state index is 0. The van der Waals surface area contributed by atoms with Crippen molar-refractivity contribution in [3.8, 4) is 0 Å². The molecule has 0 aromatic carbocycles. The normalized spacial score (nSPS) is 1.00. The summed E-state index contributed by atoms with van der Waals surface area (Å²) in [5.74, 6) is 0. The van der Waals surface area contributed by atoms with Gasteiger partial charge in [0, 0.05) is 16.8 Å². The van der Waals surface area contributed by atoms with Crippen molar-refractivity contribution in [2.24, 2.45) is 0 Å². The van der Waals surface area contributed by atoms with E-state index in [-0.39, 0.29) is 94.7 Å². The molecular formula is H5BaBiCoFeO. The molecule has 0 aromatic heterocycles. The fourth-order valence-corrected chi connectivity index (χ4v) is 0. The van der Waals surface area contributed by atoms with Crippen LogP contribution < -0.4 is 0 Å². The molecule has 0 amide bonds. The van der Waals surface area contributed by atoms with Crippen LogP contribution in [0.25, 0.3) is 0 Å². The Morgan fingerprint density at radius 3 is 1.40 bits per heavy atom. The number of rotatable bonds is 0. The summed E-state index contributed by atoms with van der Waals surface area (Å²) in [5.41, 5.74) is 0. The van der Waals surface area contributed by atoms with Gasteiger partial charge in [-0.25, -0.2) is 0 Å². The quantitative estimate of drug-likeness (QED) is 0.386. The van der Waals surface area contributed by atoms with Crippen molar-refractivity contribution in [2.75, 3.05) is 0 Å². The van der Waals surface area contributed by atoms with Gasteiger partial charge in [-0.3, -0.25) is 0 Å². The fourth-order valence-electron chi connectivity index (χ4n) is 0. The molecule has 5 heavy (non-hydrogen) atoms. The van der Waals surface area contributed by atoms with Gasteiger partial charge < -0.3 is 2.85 Å². The second-order valence-corrected chi connectivity index (χ2v) is 0. The van der Waals surface area contributed by atoms with E-state index >= 15 is 0 Å². The van der Waals surface area contributed by atoms with Crippen LogP contribution in [0.1, 0.15) is 2.85 Å². The SMILES string of the molecule is [Ba+2].[BiH3].[Co].[H-].[H-].[O]=[Fe]. The fraction of sp³-hybridized carbons (Fsp3) is 0. The van der Waals surface area contributed by atoms with Crippen LogP contribution in [0.15, 0.2) is 0 Å². The molecule has 0 bridgehead atoms. The van der Waals surface area contributed by atoms with Gasteiger partial charge in [-0.2, -0.15) is 0 Å². The van der Waals surface area contributed by atoms with E-state index in [2.05, 4.69) is 0 Å². The third kappa shape index (κ3) is 18.9. The van der Waals surface area contributed by atoms with Crippen LogP contribution in [-0.4, -0.2) is 75.1 Å². The van der Waals surface area contributed by atoms with Gasteiger partial charge in [0.05, 0.1) is 0 Å². The summed E-state index contributed by atoms with van der Waals surface area (Å²) in [7, 11) is 0. The third-order valence-corrected chi connectivity index (χ3v) is 0. The second-order valence-electron chi connectivity index (χ2n) is 0. The summed E-state index contributed by atoms with van der Waals surface area (Å²) in [5, 5.41) is 0. The Balaban J connectivity index is -0.000000000500. The van der Waals surface area contributed by atoms with Crippen LogP contribution >= 0.6 is 0 Å². The van der Waals surface area contributed by atoms with Crippen molar-refractivity contribution in [1.82, 2.24) is 0 Å². The molecule has 0 aliphatic carbocycles. The van der Waals surface area contributed by atoms with Gasteiger partial charge in [0.1, 0.15) is 0 Å². The molecule has 0 saturated heterocycles. The summed E-state index contributed by atoms with van der Waals surface area (Å²) in [6.45, 7) is 0. The zero-order valence-electron chi connectivity index (χ0n) is 4.51. The molecule has 0 aliphatic heterocycles. The molecule has 0 saturated carbocycles. The molecular weight excluding hydrogens is 477 g/mol. The van der Waals surface area contributed by atoms with Crippen LogP contribution in [0, 0.1) is 0 Å². The first-order chi connectivity index (χ1) is 1.00. The van der Waals surface area contributed by atoms with Gasteiger partial charge in [0.25, 0.3) is 0 Å². The van der Waals surface area contributed by atoms with E-state index in [0.717, 1.165) is 0 Å². The topological polar surface area (TPSA) is 17.1 Å². The van der Waals surface area contributed by atoms with Crippen molar-refractivity contribution < 1.29 is 39.4 Å². The molecule has 0 unspecified atom stereocenters. The maximum absolute atomic E-state index is 8.00. The van der Waals surface area contributed by atoms with E-state index < -0.39 is 0 Å². The summed E-state index contributed by atoms with van der Waals surface area (Å²) < 4.78 is 8.00. The summed E-state index contributed by atoms with van der Waals surface area (Å²) in [6, 6.07) is 0. The third-order valence-electron chi connectivity index (χ3n) is 0. The van der Waals surface area contributed by atoms with E-state index in [1.807, 2.05) is 15.9 Å². The first-order valence-corrected chi connectivity index (χ1v) is 0.595. The molecule has 0 aromatic rings. The molecule has 0 heterocycles. The van der Waals surface area contributed by atoms with Crippen LogP contribution in [0.4, 0.5) is 0 Å². The second kappa shape index (κ2) is 26.7. The Labute approximate surface area is 112 Å². The summed E-state index contributed by atoms with van der Waals surface area (Å²) in [6.07, 6.45) is 0. The van der Waals surface area contributed by atoms with Crippen LogP contribution in [0.2, 0.25) is 0 Å². The Morgan fingerprint density at radius 1 is 1.40 bits per heavy atom. The molecule has 0 N–H and O–H groups in total. The Morgan fingerprint density at radius 2 is 1.40 bits per heavy atom. The summed E-state index contributed by atoms with van der Waals surface area (Å²) >= 11 is 2.00. The minimum atomic E-state index is 0. The molecule has 0 fully saturated rings. The van der Waals surface area contributed by atoms with Crippen molar-refractivity contribution >= 4 is 75.1 Å². The molecule has 0 rings (SSSR count). The predicted molar refractivity (Wildman–Crippen MR) is 18.6 cm³/mol. The van der Waals surface area contributed by atoms with E-state index in [1.165, 1.54) is 0 Å². The molecule has 0 aliphatic rings. The predicted octanol–water partition coefficient (Wildman–Crippen LogP) is -1.46. The van der Waals surface area contributed by atoms with Gasteiger partial charge in [0.15, 0.2) is 0 Å². The van der Waals surface area contributed by atoms with Gasteiger partial charge in [-0.15, -0.1) is 0 Å². The van der Waals surface area contributed by atoms with Crippen LogP contribution in [0.3, 0.4) is 0 Å². The molecule has 0 atom stereocenters. The molecule has 5 heteroatoms. The average molecular weight is 482 g/mol. The van der Waals surface area contributed by atoms with Gasteiger partial charge >= 0.3 is 94.9 Å².